The molecule has 1 aromatic rings. The predicted octanol–water partition coefficient (Wildman–Crippen LogP) is 2.24. The van der Waals surface area contributed by atoms with Crippen molar-refractivity contribution in [1.29, 1.82) is 0 Å². The molecule has 0 bridgehead atoms. The minimum Gasteiger partial charge on any atom is -0.397 e. The summed E-state index contributed by atoms with van der Waals surface area (Å²) in [7, 11) is 2.16. The van der Waals surface area contributed by atoms with Crippen LogP contribution in [-0.2, 0) is 6.54 Å². The van der Waals surface area contributed by atoms with Crippen LogP contribution in [0.4, 0.5) is 5.69 Å². The summed E-state index contributed by atoms with van der Waals surface area (Å²) in [6.45, 7) is 3.12. The molecule has 4 heteroatoms. The lowest BCUT2D eigenvalue weighted by Gasteiger charge is -2.26. The minimum atomic E-state index is 0.620. The Morgan fingerprint density at radius 1 is 1.50 bits per heavy atom. The zero-order valence-corrected chi connectivity index (χ0v) is 11.1. The van der Waals surface area contributed by atoms with Crippen LogP contribution in [-0.4, -0.2) is 35.0 Å². The third kappa shape index (κ3) is 4.02. The highest BCUT2D eigenvalue weighted by atomic mass is 32.2. The number of hydrogen-bond donors (Lipinski definition) is 1. The van der Waals surface area contributed by atoms with Gasteiger partial charge in [0.25, 0.3) is 0 Å². The molecule has 1 rings (SSSR count). The van der Waals surface area contributed by atoms with Crippen LogP contribution in [0.1, 0.15) is 19.0 Å². The summed E-state index contributed by atoms with van der Waals surface area (Å²) >= 11 is 1.89. The molecule has 0 aliphatic rings. The van der Waals surface area contributed by atoms with Gasteiger partial charge >= 0.3 is 0 Å². The first kappa shape index (κ1) is 13.3. The number of anilines is 1. The van der Waals surface area contributed by atoms with Crippen LogP contribution >= 0.6 is 11.8 Å². The lowest BCUT2D eigenvalue weighted by Crippen LogP contribution is -2.32. The molecule has 0 spiro atoms. The molecule has 16 heavy (non-hydrogen) atoms. The van der Waals surface area contributed by atoms with Gasteiger partial charge in [0, 0.05) is 18.3 Å². The van der Waals surface area contributed by atoms with Gasteiger partial charge in [0.1, 0.15) is 0 Å². The van der Waals surface area contributed by atoms with E-state index in [2.05, 4.69) is 30.1 Å². The van der Waals surface area contributed by atoms with Crippen molar-refractivity contribution in [1.82, 2.24) is 9.88 Å². The molecule has 0 radical (unpaired) electrons. The second-order valence-corrected chi connectivity index (χ2v) is 4.93. The van der Waals surface area contributed by atoms with E-state index in [9.17, 15) is 0 Å². The molecule has 2 N–H and O–H groups in total. The van der Waals surface area contributed by atoms with E-state index >= 15 is 0 Å². The third-order valence-electron chi connectivity index (χ3n) is 2.71. The Kier molecular flexibility index (Phi) is 5.63. The molecule has 0 aromatic carbocycles. The Hall–Kier alpha value is -0.740. The van der Waals surface area contributed by atoms with E-state index in [1.165, 1.54) is 12.2 Å². The van der Waals surface area contributed by atoms with E-state index in [1.807, 2.05) is 23.9 Å². The first-order valence-corrected chi connectivity index (χ1v) is 6.96. The van der Waals surface area contributed by atoms with Gasteiger partial charge in [0.2, 0.25) is 0 Å². The van der Waals surface area contributed by atoms with Crippen molar-refractivity contribution in [3.63, 3.8) is 0 Å². The number of nitrogens with two attached hydrogens (primary N) is 1. The Bertz CT molecular complexity index is 300. The van der Waals surface area contributed by atoms with E-state index in [1.54, 1.807) is 6.20 Å². The van der Waals surface area contributed by atoms with Gasteiger partial charge in [0.15, 0.2) is 0 Å². The van der Waals surface area contributed by atoms with Crippen LogP contribution in [0.15, 0.2) is 18.3 Å². The van der Waals surface area contributed by atoms with Gasteiger partial charge in [-0.1, -0.05) is 6.92 Å². The number of hydrogen-bond acceptors (Lipinski definition) is 4. The van der Waals surface area contributed by atoms with Crippen LogP contribution in [0.25, 0.3) is 0 Å². The molecular formula is C12H21N3S. The van der Waals surface area contributed by atoms with Gasteiger partial charge in [0.05, 0.1) is 17.6 Å². The van der Waals surface area contributed by atoms with Crippen molar-refractivity contribution in [3.05, 3.63) is 24.0 Å². The standard InChI is InChI=1S/C12H21N3S/c1-4-12(9-16-3)15(2)8-11-6-5-10(13)7-14-11/h5-7,12H,4,8-9,13H2,1-3H3. The number of rotatable bonds is 6. The maximum Gasteiger partial charge on any atom is 0.0545 e. The second-order valence-electron chi connectivity index (χ2n) is 4.02. The number of aromatic nitrogens is 1. The average Bonchev–Trinajstić information content (AvgIpc) is 2.29. The van der Waals surface area contributed by atoms with Crippen molar-refractivity contribution in [2.45, 2.75) is 25.9 Å². The van der Waals surface area contributed by atoms with Crippen molar-refractivity contribution < 1.29 is 0 Å². The Morgan fingerprint density at radius 2 is 2.25 bits per heavy atom. The summed E-state index contributed by atoms with van der Waals surface area (Å²) in [5, 5.41) is 0. The fourth-order valence-corrected chi connectivity index (χ4v) is 2.54. The minimum absolute atomic E-state index is 0.620. The summed E-state index contributed by atoms with van der Waals surface area (Å²) < 4.78 is 0. The highest BCUT2D eigenvalue weighted by Crippen LogP contribution is 2.11. The van der Waals surface area contributed by atoms with Gasteiger partial charge in [-0.2, -0.15) is 11.8 Å². The number of nitrogens with zero attached hydrogens (tertiary/aromatic N) is 2. The van der Waals surface area contributed by atoms with Crippen molar-refractivity contribution in [2.24, 2.45) is 0 Å². The molecule has 1 unspecified atom stereocenters. The Labute approximate surface area is 102 Å². The van der Waals surface area contributed by atoms with Crippen molar-refractivity contribution >= 4 is 17.4 Å². The van der Waals surface area contributed by atoms with E-state index in [-0.39, 0.29) is 0 Å². The number of thioether (sulfide) groups is 1. The molecule has 1 aromatic heterocycles. The molecule has 0 saturated carbocycles. The van der Waals surface area contributed by atoms with Crippen molar-refractivity contribution in [3.8, 4) is 0 Å². The lowest BCUT2D eigenvalue weighted by molar-refractivity contribution is 0.245. The molecule has 0 saturated heterocycles. The summed E-state index contributed by atoms with van der Waals surface area (Å²) in [5.74, 6) is 1.17. The molecule has 0 aliphatic heterocycles. The van der Waals surface area contributed by atoms with Gasteiger partial charge in [-0.05, 0) is 31.9 Å². The summed E-state index contributed by atoms with van der Waals surface area (Å²) in [5.41, 5.74) is 7.42. The zero-order valence-electron chi connectivity index (χ0n) is 10.3. The van der Waals surface area contributed by atoms with Gasteiger partial charge in [-0.3, -0.25) is 9.88 Å². The van der Waals surface area contributed by atoms with Crippen LogP contribution in [0.2, 0.25) is 0 Å². The topological polar surface area (TPSA) is 42.1 Å². The fraction of sp³-hybridized carbons (Fsp3) is 0.583. The third-order valence-corrected chi connectivity index (χ3v) is 3.43. The smallest absolute Gasteiger partial charge is 0.0545 e. The lowest BCUT2D eigenvalue weighted by atomic mass is 10.2. The number of nitrogen functional groups attached to an aromatic ring is 1. The van der Waals surface area contributed by atoms with E-state index < -0.39 is 0 Å². The predicted molar refractivity (Wildman–Crippen MR) is 72.6 cm³/mol. The molecule has 1 heterocycles. The highest BCUT2D eigenvalue weighted by molar-refractivity contribution is 7.98. The first-order chi connectivity index (χ1) is 7.67. The van der Waals surface area contributed by atoms with Crippen molar-refractivity contribution in [2.75, 3.05) is 24.8 Å². The Balaban J connectivity index is 2.55. The quantitative estimate of drug-likeness (QED) is 0.826. The second kappa shape index (κ2) is 6.76. The van der Waals surface area contributed by atoms with E-state index in [4.69, 9.17) is 5.73 Å². The van der Waals surface area contributed by atoms with Gasteiger partial charge in [-0.25, -0.2) is 0 Å². The Morgan fingerprint density at radius 3 is 2.75 bits per heavy atom. The first-order valence-electron chi connectivity index (χ1n) is 5.57. The molecule has 1 atom stereocenters. The number of pyridine rings is 1. The van der Waals surface area contributed by atoms with Crippen LogP contribution < -0.4 is 5.73 Å². The maximum atomic E-state index is 5.61. The summed E-state index contributed by atoms with van der Waals surface area (Å²) in [4.78, 5) is 6.68. The molecular weight excluding hydrogens is 218 g/mol. The molecule has 0 fully saturated rings. The SMILES string of the molecule is CCC(CSC)N(C)Cc1ccc(N)cn1. The van der Waals surface area contributed by atoms with Crippen LogP contribution in [0.3, 0.4) is 0 Å². The van der Waals surface area contributed by atoms with Gasteiger partial charge in [-0.15, -0.1) is 0 Å². The summed E-state index contributed by atoms with van der Waals surface area (Å²) in [6, 6.07) is 4.53. The average molecular weight is 239 g/mol. The molecule has 90 valence electrons. The zero-order chi connectivity index (χ0) is 12.0. The fourth-order valence-electron chi connectivity index (χ4n) is 1.66. The van der Waals surface area contributed by atoms with E-state index in [0.29, 0.717) is 6.04 Å². The molecule has 3 nitrogen and oxygen atoms in total. The molecule has 0 amide bonds. The highest BCUT2D eigenvalue weighted by Gasteiger charge is 2.12. The largest absolute Gasteiger partial charge is 0.397 e. The normalized spacial score (nSPS) is 13.0. The molecule has 0 aliphatic carbocycles. The van der Waals surface area contributed by atoms with Crippen LogP contribution in [0.5, 0.6) is 0 Å². The van der Waals surface area contributed by atoms with Gasteiger partial charge < -0.3 is 5.73 Å². The van der Waals surface area contributed by atoms with Crippen LogP contribution in [0, 0.1) is 0 Å². The monoisotopic (exact) mass is 239 g/mol. The van der Waals surface area contributed by atoms with E-state index in [0.717, 1.165) is 17.9 Å². The summed E-state index contributed by atoms with van der Waals surface area (Å²) in [6.07, 6.45) is 5.04. The maximum absolute atomic E-state index is 5.61.